The number of pyridine rings is 1. The Morgan fingerprint density at radius 3 is 2.88 bits per heavy atom. The molecule has 1 unspecified atom stereocenters. The van der Waals surface area contributed by atoms with Gasteiger partial charge >= 0.3 is 0 Å². The van der Waals surface area contributed by atoms with E-state index in [0.717, 1.165) is 5.56 Å². The molecule has 84 valence electrons. The molecule has 1 aromatic heterocycles. The van der Waals surface area contributed by atoms with E-state index in [0.29, 0.717) is 12.2 Å². The van der Waals surface area contributed by atoms with Gasteiger partial charge in [-0.05, 0) is 31.9 Å². The molecule has 1 aromatic rings. The van der Waals surface area contributed by atoms with Gasteiger partial charge < -0.3 is 5.32 Å². The lowest BCUT2D eigenvalue weighted by Crippen LogP contribution is -2.32. The van der Waals surface area contributed by atoms with E-state index in [9.17, 15) is 4.79 Å². The number of rotatable bonds is 3. The van der Waals surface area contributed by atoms with Crippen molar-refractivity contribution < 1.29 is 4.79 Å². The number of nitrogens with zero attached hydrogens (tertiary/aromatic N) is 2. The predicted octanol–water partition coefficient (Wildman–Crippen LogP) is 2.27. The van der Waals surface area contributed by atoms with Crippen molar-refractivity contribution in [2.24, 2.45) is 5.41 Å². The number of nitrogens with one attached hydrogen (secondary N) is 1. The van der Waals surface area contributed by atoms with E-state index >= 15 is 0 Å². The molecule has 0 aliphatic carbocycles. The number of carbonyl (C=O) groups is 1. The van der Waals surface area contributed by atoms with Crippen LogP contribution in [0, 0.1) is 23.7 Å². The first-order valence-corrected chi connectivity index (χ1v) is 5.18. The molecule has 0 spiro atoms. The van der Waals surface area contributed by atoms with Gasteiger partial charge in [0.2, 0.25) is 5.91 Å². The molecular formula is C12H15N3O. The second kappa shape index (κ2) is 4.75. The van der Waals surface area contributed by atoms with Gasteiger partial charge in [0.1, 0.15) is 11.2 Å². The second-order valence-corrected chi connectivity index (χ2v) is 3.92. The van der Waals surface area contributed by atoms with Crippen molar-refractivity contribution in [2.45, 2.75) is 27.2 Å². The van der Waals surface area contributed by atoms with E-state index in [2.05, 4.69) is 10.3 Å². The molecule has 4 nitrogen and oxygen atoms in total. The first-order valence-electron chi connectivity index (χ1n) is 5.18. The zero-order chi connectivity index (χ0) is 12.2. The van der Waals surface area contributed by atoms with E-state index in [1.807, 2.05) is 26.0 Å². The Labute approximate surface area is 95.3 Å². The minimum atomic E-state index is -0.996. The first kappa shape index (κ1) is 12.2. The lowest BCUT2D eigenvalue weighted by Gasteiger charge is -2.18. The van der Waals surface area contributed by atoms with E-state index in [-0.39, 0.29) is 5.91 Å². The van der Waals surface area contributed by atoms with Crippen LogP contribution in [0.5, 0.6) is 0 Å². The molecule has 1 N–H and O–H groups in total. The topological polar surface area (TPSA) is 65.8 Å². The molecule has 0 saturated heterocycles. The molecule has 1 heterocycles. The lowest BCUT2D eigenvalue weighted by molar-refractivity contribution is -0.122. The smallest absolute Gasteiger partial charge is 0.245 e. The summed E-state index contributed by atoms with van der Waals surface area (Å²) < 4.78 is 0. The highest BCUT2D eigenvalue weighted by atomic mass is 16.2. The fraction of sp³-hybridized carbons (Fsp3) is 0.417. The van der Waals surface area contributed by atoms with Gasteiger partial charge in [0, 0.05) is 6.20 Å². The van der Waals surface area contributed by atoms with Crippen LogP contribution in [0.2, 0.25) is 0 Å². The van der Waals surface area contributed by atoms with Gasteiger partial charge in [0.15, 0.2) is 0 Å². The number of anilines is 1. The number of nitriles is 1. The third-order valence-electron chi connectivity index (χ3n) is 2.70. The van der Waals surface area contributed by atoms with E-state index in [4.69, 9.17) is 5.26 Å². The van der Waals surface area contributed by atoms with Crippen molar-refractivity contribution in [3.8, 4) is 6.07 Å². The highest BCUT2D eigenvalue weighted by Gasteiger charge is 2.31. The highest BCUT2D eigenvalue weighted by molar-refractivity contribution is 5.96. The minimum absolute atomic E-state index is 0.306. The third kappa shape index (κ3) is 2.37. The summed E-state index contributed by atoms with van der Waals surface area (Å²) in [6.07, 6.45) is 2.08. The SMILES string of the molecule is CCC(C)(C#N)C(=O)Nc1ncccc1C. The zero-order valence-corrected chi connectivity index (χ0v) is 9.74. The van der Waals surface area contributed by atoms with Gasteiger partial charge in [-0.2, -0.15) is 5.26 Å². The molecule has 1 amide bonds. The molecule has 1 atom stereocenters. The van der Waals surface area contributed by atoms with E-state index < -0.39 is 5.41 Å². The van der Waals surface area contributed by atoms with Crippen LogP contribution >= 0.6 is 0 Å². The quantitative estimate of drug-likeness (QED) is 0.844. The van der Waals surface area contributed by atoms with Crippen LogP contribution in [-0.2, 0) is 4.79 Å². The molecule has 1 rings (SSSR count). The summed E-state index contributed by atoms with van der Waals surface area (Å²) in [5.41, 5.74) is -0.114. The molecule has 0 aliphatic heterocycles. The fourth-order valence-corrected chi connectivity index (χ4v) is 1.15. The number of aryl methyl sites for hydroxylation is 1. The van der Waals surface area contributed by atoms with Gasteiger partial charge in [0.05, 0.1) is 6.07 Å². The summed E-state index contributed by atoms with van der Waals surface area (Å²) in [4.78, 5) is 15.9. The number of hydrogen-bond acceptors (Lipinski definition) is 3. The van der Waals surface area contributed by atoms with Crippen LogP contribution in [0.4, 0.5) is 5.82 Å². The Bertz CT molecular complexity index is 436. The van der Waals surface area contributed by atoms with E-state index in [1.165, 1.54) is 0 Å². The Morgan fingerprint density at radius 2 is 2.38 bits per heavy atom. The van der Waals surface area contributed by atoms with Crippen LogP contribution in [-0.4, -0.2) is 10.9 Å². The van der Waals surface area contributed by atoms with Crippen molar-refractivity contribution >= 4 is 11.7 Å². The monoisotopic (exact) mass is 217 g/mol. The Kier molecular flexibility index (Phi) is 3.62. The van der Waals surface area contributed by atoms with Crippen LogP contribution in [0.1, 0.15) is 25.8 Å². The van der Waals surface area contributed by atoms with Gasteiger partial charge in [0.25, 0.3) is 0 Å². The first-order chi connectivity index (χ1) is 7.53. The fourth-order valence-electron chi connectivity index (χ4n) is 1.15. The number of aromatic nitrogens is 1. The normalized spacial score (nSPS) is 13.6. The van der Waals surface area contributed by atoms with Crippen molar-refractivity contribution in [3.05, 3.63) is 23.9 Å². The van der Waals surface area contributed by atoms with Crippen LogP contribution in [0.3, 0.4) is 0 Å². The van der Waals surface area contributed by atoms with Crippen molar-refractivity contribution in [1.29, 1.82) is 5.26 Å². The zero-order valence-electron chi connectivity index (χ0n) is 9.74. The van der Waals surface area contributed by atoms with Crippen LogP contribution in [0.15, 0.2) is 18.3 Å². The lowest BCUT2D eigenvalue weighted by atomic mass is 9.88. The molecule has 0 radical (unpaired) electrons. The van der Waals surface area contributed by atoms with Crippen molar-refractivity contribution in [2.75, 3.05) is 5.32 Å². The summed E-state index contributed by atoms with van der Waals surface area (Å²) in [6, 6.07) is 5.69. The van der Waals surface area contributed by atoms with Crippen molar-refractivity contribution in [3.63, 3.8) is 0 Å². The van der Waals surface area contributed by atoms with Gasteiger partial charge in [-0.3, -0.25) is 4.79 Å². The number of hydrogen-bond donors (Lipinski definition) is 1. The maximum atomic E-state index is 11.9. The highest BCUT2D eigenvalue weighted by Crippen LogP contribution is 2.22. The number of carbonyl (C=O) groups excluding carboxylic acids is 1. The molecule has 0 fully saturated rings. The average Bonchev–Trinajstić information content (AvgIpc) is 2.31. The summed E-state index contributed by atoms with van der Waals surface area (Å²) in [6.45, 7) is 5.30. The Balaban J connectivity index is 2.88. The molecule has 0 aliphatic rings. The predicted molar refractivity (Wildman–Crippen MR) is 61.6 cm³/mol. The Hall–Kier alpha value is -1.89. The molecule has 0 bridgehead atoms. The number of amides is 1. The minimum Gasteiger partial charge on any atom is -0.309 e. The summed E-state index contributed by atoms with van der Waals surface area (Å²) >= 11 is 0. The molecule has 0 aromatic carbocycles. The summed E-state index contributed by atoms with van der Waals surface area (Å²) in [5, 5.41) is 11.7. The second-order valence-electron chi connectivity index (χ2n) is 3.92. The molecule has 4 heteroatoms. The summed E-state index contributed by atoms with van der Waals surface area (Å²) in [5.74, 6) is 0.210. The van der Waals surface area contributed by atoms with E-state index in [1.54, 1.807) is 19.2 Å². The maximum absolute atomic E-state index is 11.9. The van der Waals surface area contributed by atoms with Crippen LogP contribution in [0.25, 0.3) is 0 Å². The van der Waals surface area contributed by atoms with Crippen molar-refractivity contribution in [1.82, 2.24) is 4.98 Å². The molecular weight excluding hydrogens is 202 g/mol. The van der Waals surface area contributed by atoms with Crippen LogP contribution < -0.4 is 5.32 Å². The average molecular weight is 217 g/mol. The summed E-state index contributed by atoms with van der Waals surface area (Å²) in [7, 11) is 0. The molecule has 16 heavy (non-hydrogen) atoms. The maximum Gasteiger partial charge on any atom is 0.245 e. The Morgan fingerprint density at radius 1 is 1.69 bits per heavy atom. The van der Waals surface area contributed by atoms with Gasteiger partial charge in [-0.25, -0.2) is 4.98 Å². The van der Waals surface area contributed by atoms with Gasteiger partial charge in [-0.15, -0.1) is 0 Å². The van der Waals surface area contributed by atoms with Gasteiger partial charge in [-0.1, -0.05) is 13.0 Å². The standard InChI is InChI=1S/C12H15N3O/c1-4-12(3,8-13)11(16)15-10-9(2)6-5-7-14-10/h5-7H,4H2,1-3H3,(H,14,15,16). The third-order valence-corrected chi connectivity index (χ3v) is 2.70. The molecule has 0 saturated carbocycles. The largest absolute Gasteiger partial charge is 0.309 e.